The Morgan fingerprint density at radius 1 is 1.29 bits per heavy atom. The number of halogens is 2. The van der Waals surface area contributed by atoms with E-state index in [1.54, 1.807) is 23.6 Å². The number of benzene rings is 1. The normalized spacial score (nSPS) is 11.0. The molecule has 106 valence electrons. The van der Waals surface area contributed by atoms with Gasteiger partial charge in [-0.15, -0.1) is 11.3 Å². The van der Waals surface area contributed by atoms with Crippen LogP contribution in [-0.4, -0.2) is 15.3 Å². The molecule has 0 aliphatic heterocycles. The highest BCUT2D eigenvalue weighted by Gasteiger charge is 2.14. The molecule has 0 saturated heterocycles. The summed E-state index contributed by atoms with van der Waals surface area (Å²) in [6, 6.07) is 6.35. The molecule has 0 N–H and O–H groups in total. The van der Waals surface area contributed by atoms with E-state index >= 15 is 0 Å². The maximum absolute atomic E-state index is 12.3. The van der Waals surface area contributed by atoms with Crippen molar-refractivity contribution in [2.24, 2.45) is 0 Å². The van der Waals surface area contributed by atoms with Gasteiger partial charge >= 0.3 is 0 Å². The first kappa shape index (κ1) is 14.3. The van der Waals surface area contributed by atoms with E-state index in [9.17, 15) is 9.59 Å². The Morgan fingerprint density at radius 2 is 2.10 bits per heavy atom. The molecule has 0 bridgehead atoms. The summed E-state index contributed by atoms with van der Waals surface area (Å²) >= 11 is 13.2. The fourth-order valence-corrected chi connectivity index (χ4v) is 3.08. The smallest absolute Gasteiger partial charge is 0.262 e. The van der Waals surface area contributed by atoms with Crippen molar-refractivity contribution in [1.29, 1.82) is 0 Å². The van der Waals surface area contributed by atoms with Crippen LogP contribution in [0.3, 0.4) is 0 Å². The SMILES string of the molecule is O=C(Cn1cnc2sccc2c1=O)c1cc(Cl)ccc1Cl. The molecule has 4 nitrogen and oxygen atoms in total. The van der Waals surface area contributed by atoms with Gasteiger partial charge in [-0.25, -0.2) is 4.98 Å². The van der Waals surface area contributed by atoms with Gasteiger partial charge < -0.3 is 0 Å². The van der Waals surface area contributed by atoms with Crippen LogP contribution in [0.15, 0.2) is 40.8 Å². The maximum Gasteiger partial charge on any atom is 0.262 e. The number of thiophene rings is 1. The van der Waals surface area contributed by atoms with E-state index in [1.165, 1.54) is 28.3 Å². The molecule has 0 unspecified atom stereocenters. The highest BCUT2D eigenvalue weighted by Crippen LogP contribution is 2.21. The summed E-state index contributed by atoms with van der Waals surface area (Å²) in [7, 11) is 0. The lowest BCUT2D eigenvalue weighted by Crippen LogP contribution is -2.24. The monoisotopic (exact) mass is 338 g/mol. The summed E-state index contributed by atoms with van der Waals surface area (Å²) < 4.78 is 1.27. The van der Waals surface area contributed by atoms with Crippen molar-refractivity contribution in [2.45, 2.75) is 6.54 Å². The van der Waals surface area contributed by atoms with E-state index < -0.39 is 0 Å². The fourth-order valence-electron chi connectivity index (χ4n) is 1.96. The predicted molar refractivity (Wildman–Crippen MR) is 84.7 cm³/mol. The first-order chi connectivity index (χ1) is 10.1. The lowest BCUT2D eigenvalue weighted by atomic mass is 10.1. The highest BCUT2D eigenvalue weighted by molar-refractivity contribution is 7.16. The summed E-state index contributed by atoms with van der Waals surface area (Å²) in [6.07, 6.45) is 1.37. The number of hydrogen-bond donors (Lipinski definition) is 0. The van der Waals surface area contributed by atoms with Crippen molar-refractivity contribution in [2.75, 3.05) is 0 Å². The fraction of sp³-hybridized carbons (Fsp3) is 0.0714. The van der Waals surface area contributed by atoms with Gasteiger partial charge in [0.15, 0.2) is 5.78 Å². The average molecular weight is 339 g/mol. The van der Waals surface area contributed by atoms with E-state index in [0.29, 0.717) is 25.8 Å². The average Bonchev–Trinajstić information content (AvgIpc) is 2.93. The molecule has 2 heterocycles. The molecule has 0 amide bonds. The van der Waals surface area contributed by atoms with Crippen molar-refractivity contribution < 1.29 is 4.79 Å². The van der Waals surface area contributed by atoms with Gasteiger partial charge in [-0.3, -0.25) is 14.2 Å². The first-order valence-electron chi connectivity index (χ1n) is 5.97. The van der Waals surface area contributed by atoms with Gasteiger partial charge in [0.05, 0.1) is 23.3 Å². The van der Waals surface area contributed by atoms with Crippen molar-refractivity contribution in [3.63, 3.8) is 0 Å². The summed E-state index contributed by atoms with van der Waals surface area (Å²) in [5.41, 5.74) is 0.0502. The topological polar surface area (TPSA) is 52.0 Å². The third kappa shape index (κ3) is 2.72. The number of nitrogens with zero attached hydrogens (tertiary/aromatic N) is 2. The molecular weight excluding hydrogens is 331 g/mol. The molecule has 0 saturated carbocycles. The Hall–Kier alpha value is -1.69. The minimum Gasteiger partial charge on any atom is -0.292 e. The molecule has 2 aromatic heterocycles. The zero-order valence-electron chi connectivity index (χ0n) is 10.5. The van der Waals surface area contributed by atoms with Crippen LogP contribution in [0.4, 0.5) is 0 Å². The van der Waals surface area contributed by atoms with E-state index in [2.05, 4.69) is 4.98 Å². The minimum absolute atomic E-state index is 0.127. The third-order valence-electron chi connectivity index (χ3n) is 2.99. The Bertz CT molecular complexity index is 901. The number of rotatable bonds is 3. The Labute approximate surface area is 133 Å². The summed E-state index contributed by atoms with van der Waals surface area (Å²) in [6.45, 7) is -0.127. The molecule has 21 heavy (non-hydrogen) atoms. The predicted octanol–water partition coefficient (Wildman–Crippen LogP) is 3.65. The van der Waals surface area contributed by atoms with E-state index in [0.717, 1.165) is 0 Å². The van der Waals surface area contributed by atoms with Crippen LogP contribution in [0.1, 0.15) is 10.4 Å². The van der Waals surface area contributed by atoms with Crippen molar-refractivity contribution in [3.05, 3.63) is 61.9 Å². The molecule has 0 atom stereocenters. The molecule has 0 spiro atoms. The van der Waals surface area contributed by atoms with Gasteiger partial charge in [0.25, 0.3) is 5.56 Å². The van der Waals surface area contributed by atoms with Gasteiger partial charge in [-0.2, -0.15) is 0 Å². The van der Waals surface area contributed by atoms with Crippen LogP contribution < -0.4 is 5.56 Å². The number of carbonyl (C=O) groups excluding carboxylic acids is 1. The third-order valence-corrected chi connectivity index (χ3v) is 4.38. The first-order valence-corrected chi connectivity index (χ1v) is 7.61. The Balaban J connectivity index is 1.98. The number of ketones is 1. The second-order valence-corrected chi connectivity index (χ2v) is 6.10. The number of Topliss-reactive ketones (excluding diaryl/α,β-unsaturated/α-hetero) is 1. The van der Waals surface area contributed by atoms with Crippen LogP contribution in [0.2, 0.25) is 10.0 Å². The van der Waals surface area contributed by atoms with Gasteiger partial charge in [0.1, 0.15) is 4.83 Å². The quantitative estimate of drug-likeness (QED) is 0.685. The van der Waals surface area contributed by atoms with E-state index in [-0.39, 0.29) is 17.9 Å². The molecule has 7 heteroatoms. The van der Waals surface area contributed by atoms with Gasteiger partial charge in [-0.1, -0.05) is 23.2 Å². The van der Waals surface area contributed by atoms with Crippen LogP contribution >= 0.6 is 34.5 Å². The number of aromatic nitrogens is 2. The minimum atomic E-state index is -0.291. The van der Waals surface area contributed by atoms with E-state index in [1.807, 2.05) is 0 Å². The maximum atomic E-state index is 12.3. The van der Waals surface area contributed by atoms with Crippen molar-refractivity contribution in [3.8, 4) is 0 Å². The Kier molecular flexibility index (Phi) is 3.80. The van der Waals surface area contributed by atoms with Gasteiger partial charge in [0, 0.05) is 10.6 Å². The van der Waals surface area contributed by atoms with Crippen LogP contribution in [-0.2, 0) is 6.54 Å². The van der Waals surface area contributed by atoms with Crippen molar-refractivity contribution >= 4 is 50.5 Å². The van der Waals surface area contributed by atoms with Gasteiger partial charge in [0.2, 0.25) is 0 Å². The summed E-state index contributed by atoms with van der Waals surface area (Å²) in [4.78, 5) is 29.3. The Morgan fingerprint density at radius 3 is 2.90 bits per heavy atom. The largest absolute Gasteiger partial charge is 0.292 e. The number of hydrogen-bond acceptors (Lipinski definition) is 4. The molecule has 0 radical (unpaired) electrons. The van der Waals surface area contributed by atoms with Crippen LogP contribution in [0.5, 0.6) is 0 Å². The van der Waals surface area contributed by atoms with Gasteiger partial charge in [-0.05, 0) is 29.6 Å². The molecule has 0 aliphatic rings. The summed E-state index contributed by atoms with van der Waals surface area (Å²) in [5.74, 6) is -0.291. The second kappa shape index (κ2) is 5.60. The van der Waals surface area contributed by atoms with E-state index in [4.69, 9.17) is 23.2 Å². The molecular formula is C14H8Cl2N2O2S. The second-order valence-electron chi connectivity index (χ2n) is 4.36. The van der Waals surface area contributed by atoms with Crippen molar-refractivity contribution in [1.82, 2.24) is 9.55 Å². The molecule has 3 aromatic rings. The molecule has 0 fully saturated rings. The number of fused-ring (bicyclic) bond motifs is 1. The zero-order valence-corrected chi connectivity index (χ0v) is 12.9. The molecule has 0 aliphatic carbocycles. The molecule has 3 rings (SSSR count). The van der Waals surface area contributed by atoms with Crippen LogP contribution in [0, 0.1) is 0 Å². The number of carbonyl (C=O) groups is 1. The van der Waals surface area contributed by atoms with Crippen LogP contribution in [0.25, 0.3) is 10.2 Å². The lowest BCUT2D eigenvalue weighted by Gasteiger charge is -2.06. The molecule has 1 aromatic carbocycles. The standard InChI is InChI=1S/C14H8Cl2N2O2S/c15-8-1-2-11(16)10(5-8)12(19)6-18-7-17-13-9(14(18)20)3-4-21-13/h1-5,7H,6H2. The lowest BCUT2D eigenvalue weighted by molar-refractivity contribution is 0.0971. The zero-order chi connectivity index (χ0) is 15.0. The highest BCUT2D eigenvalue weighted by atomic mass is 35.5. The summed E-state index contributed by atoms with van der Waals surface area (Å²) in [5, 5.41) is 3.02.